The highest BCUT2D eigenvalue weighted by Crippen LogP contribution is 2.38. The number of fused-ring (bicyclic) bond motifs is 1. The number of halogens is 1. The highest BCUT2D eigenvalue weighted by atomic mass is 35.5. The van der Waals surface area contributed by atoms with Crippen molar-refractivity contribution in [3.8, 4) is 5.75 Å². The Bertz CT molecular complexity index is 425. The van der Waals surface area contributed by atoms with E-state index in [9.17, 15) is 0 Å². The zero-order valence-corrected chi connectivity index (χ0v) is 12.6. The Kier molecular flexibility index (Phi) is 3.91. The summed E-state index contributed by atoms with van der Waals surface area (Å²) in [6.45, 7) is 8.73. The summed E-state index contributed by atoms with van der Waals surface area (Å²) in [7, 11) is 0. The van der Waals surface area contributed by atoms with Gasteiger partial charge in [0.15, 0.2) is 0 Å². The topological polar surface area (TPSA) is 9.23 Å². The zero-order valence-electron chi connectivity index (χ0n) is 11.8. The Morgan fingerprint density at radius 1 is 1.39 bits per heavy atom. The molecule has 2 rings (SSSR count). The fourth-order valence-electron chi connectivity index (χ4n) is 2.48. The van der Waals surface area contributed by atoms with Gasteiger partial charge in [-0.3, -0.25) is 0 Å². The summed E-state index contributed by atoms with van der Waals surface area (Å²) in [5.74, 6) is 1.70. The van der Waals surface area contributed by atoms with E-state index in [1.54, 1.807) is 0 Å². The first kappa shape index (κ1) is 13.7. The van der Waals surface area contributed by atoms with Crippen LogP contribution in [0.2, 0.25) is 0 Å². The maximum atomic E-state index is 6.51. The predicted octanol–water partition coefficient (Wildman–Crippen LogP) is 5.12. The predicted molar refractivity (Wildman–Crippen MR) is 77.5 cm³/mol. The van der Waals surface area contributed by atoms with Crippen LogP contribution in [0.5, 0.6) is 5.75 Å². The van der Waals surface area contributed by atoms with Crippen LogP contribution in [0, 0.1) is 5.92 Å². The normalized spacial score (nSPS) is 20.1. The number of ether oxygens (including phenoxy) is 1. The molecule has 0 aromatic heterocycles. The molecule has 2 atom stereocenters. The fraction of sp³-hybridized carbons (Fsp3) is 0.625. The molecule has 100 valence electrons. The molecule has 1 heterocycles. The standard InChI is InChI=1S/C16H23ClO/c1-5-11(2)8-14(17)12-6-7-15-13(9-12)10-16(3,4)18-15/h6-7,9,11,14H,5,8,10H2,1-4H3. The van der Waals surface area contributed by atoms with E-state index >= 15 is 0 Å². The molecule has 1 aliphatic heterocycles. The third kappa shape index (κ3) is 3.00. The van der Waals surface area contributed by atoms with E-state index in [0.717, 1.165) is 18.6 Å². The molecule has 1 aromatic rings. The van der Waals surface area contributed by atoms with Crippen molar-refractivity contribution in [2.24, 2.45) is 5.92 Å². The Labute approximate surface area is 115 Å². The molecule has 0 bridgehead atoms. The molecule has 0 radical (unpaired) electrons. The van der Waals surface area contributed by atoms with Crippen LogP contribution in [0.3, 0.4) is 0 Å². The van der Waals surface area contributed by atoms with Crippen LogP contribution in [0.25, 0.3) is 0 Å². The van der Waals surface area contributed by atoms with E-state index < -0.39 is 0 Å². The Morgan fingerprint density at radius 2 is 2.11 bits per heavy atom. The third-order valence-electron chi connectivity index (χ3n) is 3.75. The minimum Gasteiger partial charge on any atom is -0.487 e. The quantitative estimate of drug-likeness (QED) is 0.688. The molecule has 1 aromatic carbocycles. The van der Waals surface area contributed by atoms with Crippen LogP contribution in [0.15, 0.2) is 18.2 Å². The van der Waals surface area contributed by atoms with E-state index in [1.807, 2.05) is 0 Å². The van der Waals surface area contributed by atoms with Gasteiger partial charge in [-0.05, 0) is 43.4 Å². The summed E-state index contributed by atoms with van der Waals surface area (Å²) < 4.78 is 5.89. The minimum atomic E-state index is -0.0700. The smallest absolute Gasteiger partial charge is 0.123 e. The Morgan fingerprint density at radius 3 is 2.78 bits per heavy atom. The number of rotatable bonds is 4. The van der Waals surface area contributed by atoms with Gasteiger partial charge >= 0.3 is 0 Å². The van der Waals surface area contributed by atoms with Crippen molar-refractivity contribution in [3.63, 3.8) is 0 Å². The highest BCUT2D eigenvalue weighted by molar-refractivity contribution is 6.20. The lowest BCUT2D eigenvalue weighted by Crippen LogP contribution is -2.24. The van der Waals surface area contributed by atoms with Crippen LogP contribution < -0.4 is 4.74 Å². The van der Waals surface area contributed by atoms with E-state index in [0.29, 0.717) is 5.92 Å². The third-order valence-corrected chi connectivity index (χ3v) is 4.19. The van der Waals surface area contributed by atoms with Gasteiger partial charge in [0.05, 0.1) is 5.38 Å². The van der Waals surface area contributed by atoms with E-state index in [4.69, 9.17) is 16.3 Å². The molecule has 0 fully saturated rings. The molecule has 2 heteroatoms. The maximum absolute atomic E-state index is 6.51. The second-order valence-corrected chi connectivity index (χ2v) is 6.65. The minimum absolute atomic E-state index is 0.0700. The number of hydrogen-bond donors (Lipinski definition) is 0. The number of hydrogen-bond acceptors (Lipinski definition) is 1. The van der Waals surface area contributed by atoms with Crippen molar-refractivity contribution in [2.45, 2.75) is 57.9 Å². The average Bonchev–Trinajstić information content (AvgIpc) is 2.61. The molecule has 2 unspecified atom stereocenters. The van der Waals surface area contributed by atoms with E-state index in [2.05, 4.69) is 45.9 Å². The van der Waals surface area contributed by atoms with Crippen molar-refractivity contribution >= 4 is 11.6 Å². The number of alkyl halides is 1. The summed E-state index contributed by atoms with van der Waals surface area (Å²) in [4.78, 5) is 0. The van der Waals surface area contributed by atoms with Crippen molar-refractivity contribution < 1.29 is 4.74 Å². The molecule has 18 heavy (non-hydrogen) atoms. The van der Waals surface area contributed by atoms with Gasteiger partial charge in [0, 0.05) is 6.42 Å². The summed E-state index contributed by atoms with van der Waals surface area (Å²) in [6, 6.07) is 6.41. The van der Waals surface area contributed by atoms with E-state index in [1.165, 1.54) is 17.5 Å². The van der Waals surface area contributed by atoms with Crippen molar-refractivity contribution in [2.75, 3.05) is 0 Å². The lowest BCUT2D eigenvalue weighted by molar-refractivity contribution is 0.138. The summed E-state index contributed by atoms with van der Waals surface area (Å²) >= 11 is 6.51. The van der Waals surface area contributed by atoms with Crippen LogP contribution in [0.1, 0.15) is 57.0 Å². The van der Waals surface area contributed by atoms with E-state index in [-0.39, 0.29) is 11.0 Å². The molecule has 1 aliphatic rings. The highest BCUT2D eigenvalue weighted by Gasteiger charge is 2.30. The van der Waals surface area contributed by atoms with Gasteiger partial charge in [-0.25, -0.2) is 0 Å². The molecule has 0 spiro atoms. The lowest BCUT2D eigenvalue weighted by Gasteiger charge is -2.16. The molecule has 1 nitrogen and oxygen atoms in total. The van der Waals surface area contributed by atoms with Crippen molar-refractivity contribution in [1.82, 2.24) is 0 Å². The largest absolute Gasteiger partial charge is 0.487 e. The Hall–Kier alpha value is -0.690. The summed E-state index contributed by atoms with van der Waals surface area (Å²) in [5, 5.41) is 0.119. The van der Waals surface area contributed by atoms with Gasteiger partial charge in [-0.1, -0.05) is 32.4 Å². The van der Waals surface area contributed by atoms with Gasteiger partial charge in [-0.2, -0.15) is 0 Å². The van der Waals surface area contributed by atoms with Gasteiger partial charge < -0.3 is 4.74 Å². The first-order chi connectivity index (χ1) is 8.41. The monoisotopic (exact) mass is 266 g/mol. The summed E-state index contributed by atoms with van der Waals surface area (Å²) in [5.41, 5.74) is 2.46. The van der Waals surface area contributed by atoms with Crippen LogP contribution in [0.4, 0.5) is 0 Å². The second-order valence-electron chi connectivity index (χ2n) is 6.12. The number of benzene rings is 1. The van der Waals surface area contributed by atoms with Crippen LogP contribution >= 0.6 is 11.6 Å². The van der Waals surface area contributed by atoms with Crippen LogP contribution in [-0.2, 0) is 6.42 Å². The van der Waals surface area contributed by atoms with Crippen molar-refractivity contribution in [1.29, 1.82) is 0 Å². The zero-order chi connectivity index (χ0) is 13.3. The molecule has 0 amide bonds. The molecule has 0 saturated heterocycles. The molecule has 0 N–H and O–H groups in total. The first-order valence-corrected chi connectivity index (χ1v) is 7.31. The van der Waals surface area contributed by atoms with Gasteiger partial charge in [-0.15, -0.1) is 11.6 Å². The fourth-order valence-corrected chi connectivity index (χ4v) is 2.92. The molecule has 0 aliphatic carbocycles. The molecular formula is C16H23ClO. The van der Waals surface area contributed by atoms with Crippen LogP contribution in [-0.4, -0.2) is 5.60 Å². The summed E-state index contributed by atoms with van der Waals surface area (Å²) in [6.07, 6.45) is 3.20. The van der Waals surface area contributed by atoms with Crippen molar-refractivity contribution in [3.05, 3.63) is 29.3 Å². The molecular weight excluding hydrogens is 244 g/mol. The van der Waals surface area contributed by atoms with Gasteiger partial charge in [0.2, 0.25) is 0 Å². The van der Waals surface area contributed by atoms with Gasteiger partial charge in [0.1, 0.15) is 11.4 Å². The lowest BCUT2D eigenvalue weighted by atomic mass is 9.95. The molecule has 0 saturated carbocycles. The SMILES string of the molecule is CCC(C)CC(Cl)c1ccc2c(c1)CC(C)(C)O2. The Balaban J connectivity index is 2.13. The van der Waals surface area contributed by atoms with Gasteiger partial charge in [0.25, 0.3) is 0 Å². The first-order valence-electron chi connectivity index (χ1n) is 6.87. The maximum Gasteiger partial charge on any atom is 0.123 e. The average molecular weight is 267 g/mol. The second kappa shape index (κ2) is 5.13.